The van der Waals surface area contributed by atoms with Crippen LogP contribution in [0.4, 0.5) is 5.95 Å². The van der Waals surface area contributed by atoms with Gasteiger partial charge in [-0.15, -0.1) is 11.3 Å². The molecule has 24 heavy (non-hydrogen) atoms. The molecule has 0 aromatic carbocycles. The van der Waals surface area contributed by atoms with Gasteiger partial charge in [-0.25, -0.2) is 24.9 Å². The summed E-state index contributed by atoms with van der Waals surface area (Å²) in [7, 11) is 1.91. The topological polar surface area (TPSA) is 94.3 Å². The molecule has 0 fully saturated rings. The van der Waals surface area contributed by atoms with E-state index in [9.17, 15) is 0 Å². The number of imidazole rings is 1. The molecular weight excluding hydrogens is 324 g/mol. The molecule has 0 aliphatic rings. The summed E-state index contributed by atoms with van der Waals surface area (Å²) in [5, 5.41) is 6.08. The normalized spacial score (nSPS) is 11.0. The Balaban J connectivity index is 1.40. The Bertz CT molecular complexity index is 962. The molecular formula is C15H14N8S. The van der Waals surface area contributed by atoms with Crippen LogP contribution in [0.25, 0.3) is 22.0 Å². The minimum Gasteiger partial charge on any atom is -0.354 e. The maximum atomic E-state index is 4.57. The van der Waals surface area contributed by atoms with E-state index in [0.29, 0.717) is 18.3 Å². The van der Waals surface area contributed by atoms with Gasteiger partial charge < -0.3 is 9.88 Å². The Kier molecular flexibility index (Phi) is 3.83. The summed E-state index contributed by atoms with van der Waals surface area (Å²) in [4.78, 5) is 25.9. The lowest BCUT2D eigenvalue weighted by molar-refractivity contribution is 0.919. The number of thiazole rings is 1. The van der Waals surface area contributed by atoms with Crippen LogP contribution in [-0.4, -0.2) is 41.0 Å². The second-order valence-corrected chi connectivity index (χ2v) is 6.01. The molecule has 0 spiro atoms. The molecule has 4 aromatic heterocycles. The fourth-order valence-corrected chi connectivity index (χ4v) is 3.04. The third-order valence-electron chi connectivity index (χ3n) is 3.43. The van der Waals surface area contributed by atoms with Gasteiger partial charge in [0.15, 0.2) is 16.5 Å². The Labute approximate surface area is 141 Å². The SMILES string of the molecule is Cn1cnc2cnc(NCCc3csc(-c4ncccn4)n3)nc21. The number of hydrogen-bond acceptors (Lipinski definition) is 8. The Morgan fingerprint density at radius 1 is 1.12 bits per heavy atom. The van der Waals surface area contributed by atoms with Crippen LogP contribution in [-0.2, 0) is 13.5 Å². The van der Waals surface area contributed by atoms with Gasteiger partial charge in [0.05, 0.1) is 18.2 Å². The molecule has 0 aliphatic heterocycles. The number of nitrogens with zero attached hydrogens (tertiary/aromatic N) is 7. The van der Waals surface area contributed by atoms with Crippen LogP contribution >= 0.6 is 11.3 Å². The number of anilines is 1. The van der Waals surface area contributed by atoms with E-state index in [1.807, 2.05) is 17.0 Å². The molecule has 4 aromatic rings. The van der Waals surface area contributed by atoms with Crippen molar-refractivity contribution in [2.75, 3.05) is 11.9 Å². The molecule has 9 heteroatoms. The van der Waals surface area contributed by atoms with Gasteiger partial charge in [-0.3, -0.25) is 0 Å². The standard InChI is InChI=1S/C15H14N8S/c1-23-9-20-11-7-19-15(22-13(11)23)18-6-3-10-8-24-14(21-10)12-16-4-2-5-17-12/h2,4-5,7-9H,3,6H2,1H3,(H,18,19,22). The first kappa shape index (κ1) is 14.6. The summed E-state index contributed by atoms with van der Waals surface area (Å²) in [6, 6.07) is 1.79. The molecule has 0 radical (unpaired) electrons. The van der Waals surface area contributed by atoms with Crippen molar-refractivity contribution in [3.05, 3.63) is 42.1 Å². The highest BCUT2D eigenvalue weighted by Crippen LogP contribution is 2.19. The van der Waals surface area contributed by atoms with Crippen molar-refractivity contribution in [1.29, 1.82) is 0 Å². The summed E-state index contributed by atoms with van der Waals surface area (Å²) in [6.07, 6.45) is 7.66. The highest BCUT2D eigenvalue weighted by atomic mass is 32.1. The van der Waals surface area contributed by atoms with Crippen LogP contribution in [0.5, 0.6) is 0 Å². The number of rotatable bonds is 5. The number of fused-ring (bicyclic) bond motifs is 1. The summed E-state index contributed by atoms with van der Waals surface area (Å²) < 4.78 is 1.87. The van der Waals surface area contributed by atoms with Gasteiger partial charge in [-0.05, 0) is 6.07 Å². The molecule has 4 rings (SSSR count). The zero-order valence-electron chi connectivity index (χ0n) is 12.9. The minimum atomic E-state index is 0.591. The van der Waals surface area contributed by atoms with Gasteiger partial charge in [0.25, 0.3) is 0 Å². The maximum absolute atomic E-state index is 4.57. The second-order valence-electron chi connectivity index (χ2n) is 5.15. The molecule has 0 atom stereocenters. The van der Waals surface area contributed by atoms with E-state index >= 15 is 0 Å². The lowest BCUT2D eigenvalue weighted by atomic mass is 10.3. The van der Waals surface area contributed by atoms with Gasteiger partial charge in [0, 0.05) is 37.8 Å². The van der Waals surface area contributed by atoms with Crippen LogP contribution in [0.2, 0.25) is 0 Å². The predicted molar refractivity (Wildman–Crippen MR) is 91.6 cm³/mol. The number of hydrogen-bond donors (Lipinski definition) is 1. The van der Waals surface area contributed by atoms with Crippen molar-refractivity contribution in [1.82, 2.24) is 34.5 Å². The molecule has 0 saturated carbocycles. The van der Waals surface area contributed by atoms with E-state index in [1.54, 1.807) is 42.3 Å². The summed E-state index contributed by atoms with van der Waals surface area (Å²) in [5.74, 6) is 1.25. The van der Waals surface area contributed by atoms with E-state index in [2.05, 4.69) is 35.2 Å². The lowest BCUT2D eigenvalue weighted by Crippen LogP contribution is -2.08. The Hall–Kier alpha value is -2.94. The molecule has 0 saturated heterocycles. The van der Waals surface area contributed by atoms with Crippen molar-refractivity contribution < 1.29 is 0 Å². The third kappa shape index (κ3) is 2.93. The highest BCUT2D eigenvalue weighted by Gasteiger charge is 2.07. The molecule has 4 heterocycles. The van der Waals surface area contributed by atoms with E-state index in [0.717, 1.165) is 28.3 Å². The monoisotopic (exact) mass is 338 g/mol. The minimum absolute atomic E-state index is 0.591. The predicted octanol–water partition coefficient (Wildman–Crippen LogP) is 1.93. The fraction of sp³-hybridized carbons (Fsp3) is 0.200. The lowest BCUT2D eigenvalue weighted by Gasteiger charge is -2.03. The largest absolute Gasteiger partial charge is 0.354 e. The molecule has 0 unspecified atom stereocenters. The molecule has 0 bridgehead atoms. The van der Waals surface area contributed by atoms with E-state index < -0.39 is 0 Å². The van der Waals surface area contributed by atoms with Gasteiger partial charge in [0.1, 0.15) is 5.52 Å². The number of nitrogens with one attached hydrogen (secondary N) is 1. The summed E-state index contributed by atoms with van der Waals surface area (Å²) in [6.45, 7) is 0.697. The van der Waals surface area contributed by atoms with E-state index in [1.165, 1.54) is 0 Å². The zero-order valence-corrected chi connectivity index (χ0v) is 13.7. The van der Waals surface area contributed by atoms with Crippen molar-refractivity contribution in [2.45, 2.75) is 6.42 Å². The quantitative estimate of drug-likeness (QED) is 0.594. The smallest absolute Gasteiger partial charge is 0.224 e. The van der Waals surface area contributed by atoms with Crippen LogP contribution < -0.4 is 5.32 Å². The second kappa shape index (κ2) is 6.28. The molecule has 0 aliphatic carbocycles. The van der Waals surface area contributed by atoms with Crippen LogP contribution in [0.15, 0.2) is 36.4 Å². The maximum Gasteiger partial charge on any atom is 0.224 e. The first-order valence-electron chi connectivity index (χ1n) is 7.39. The zero-order chi connectivity index (χ0) is 16.4. The van der Waals surface area contributed by atoms with Crippen molar-refractivity contribution in [3.8, 4) is 10.8 Å². The first-order chi connectivity index (χ1) is 11.8. The van der Waals surface area contributed by atoms with Crippen molar-refractivity contribution >= 4 is 28.4 Å². The first-order valence-corrected chi connectivity index (χ1v) is 8.27. The average Bonchev–Trinajstić information content (AvgIpc) is 3.23. The summed E-state index contributed by atoms with van der Waals surface area (Å²) >= 11 is 1.55. The fourth-order valence-electron chi connectivity index (χ4n) is 2.24. The van der Waals surface area contributed by atoms with Gasteiger partial charge >= 0.3 is 0 Å². The molecule has 1 N–H and O–H groups in total. The van der Waals surface area contributed by atoms with Gasteiger partial charge in [-0.1, -0.05) is 0 Å². The third-order valence-corrected chi connectivity index (χ3v) is 4.31. The van der Waals surface area contributed by atoms with Crippen LogP contribution in [0.3, 0.4) is 0 Å². The van der Waals surface area contributed by atoms with E-state index in [-0.39, 0.29) is 0 Å². The Morgan fingerprint density at radius 3 is 2.88 bits per heavy atom. The number of aryl methyl sites for hydroxylation is 1. The molecule has 120 valence electrons. The van der Waals surface area contributed by atoms with Crippen LogP contribution in [0.1, 0.15) is 5.69 Å². The van der Waals surface area contributed by atoms with Gasteiger partial charge in [-0.2, -0.15) is 4.98 Å². The highest BCUT2D eigenvalue weighted by molar-refractivity contribution is 7.13. The Morgan fingerprint density at radius 2 is 2.00 bits per heavy atom. The van der Waals surface area contributed by atoms with Crippen molar-refractivity contribution in [2.24, 2.45) is 7.05 Å². The molecule has 8 nitrogen and oxygen atoms in total. The number of aromatic nitrogens is 7. The molecule has 0 amide bonds. The van der Waals surface area contributed by atoms with Crippen molar-refractivity contribution in [3.63, 3.8) is 0 Å². The summed E-state index contributed by atoms with van der Waals surface area (Å²) in [5.41, 5.74) is 2.59. The average molecular weight is 338 g/mol. The van der Waals surface area contributed by atoms with Crippen LogP contribution in [0, 0.1) is 0 Å². The van der Waals surface area contributed by atoms with Gasteiger partial charge in [0.2, 0.25) is 5.95 Å². The van der Waals surface area contributed by atoms with E-state index in [4.69, 9.17) is 0 Å².